The lowest BCUT2D eigenvalue weighted by molar-refractivity contribution is 0.247. The Morgan fingerprint density at radius 3 is 2.90 bits per heavy atom. The monoisotopic (exact) mass is 289 g/mol. The summed E-state index contributed by atoms with van der Waals surface area (Å²) in [7, 11) is 0. The minimum absolute atomic E-state index is 0.337. The summed E-state index contributed by atoms with van der Waals surface area (Å²) in [4.78, 5) is 11.6. The Bertz CT molecular complexity index is 595. The van der Waals surface area contributed by atoms with Crippen molar-refractivity contribution in [2.45, 2.75) is 20.3 Å². The molecule has 2 rings (SSSR count). The van der Waals surface area contributed by atoms with Gasteiger partial charge in [0.1, 0.15) is 18.1 Å². The molecule has 0 saturated carbocycles. The van der Waals surface area contributed by atoms with E-state index in [2.05, 4.69) is 22.7 Å². The molecule has 0 atom stereocenters. The number of benzene rings is 1. The third-order valence-corrected chi connectivity index (χ3v) is 2.87. The van der Waals surface area contributed by atoms with Crippen LogP contribution in [0, 0.1) is 6.92 Å². The Balaban J connectivity index is 1.71. The van der Waals surface area contributed by atoms with Crippen LogP contribution < -0.4 is 15.4 Å². The number of urea groups is 1. The minimum Gasteiger partial charge on any atom is -0.491 e. The van der Waals surface area contributed by atoms with Crippen molar-refractivity contribution >= 4 is 11.8 Å². The normalized spacial score (nSPS) is 10.2. The number of nitrogens with one attached hydrogen (secondary N) is 2. The maximum atomic E-state index is 11.6. The first kappa shape index (κ1) is 14.9. The Morgan fingerprint density at radius 1 is 1.38 bits per heavy atom. The Kier molecular flexibility index (Phi) is 5.20. The molecule has 0 fully saturated rings. The second kappa shape index (κ2) is 7.33. The Morgan fingerprint density at radius 2 is 2.19 bits per heavy atom. The van der Waals surface area contributed by atoms with E-state index < -0.39 is 0 Å². The molecule has 21 heavy (non-hydrogen) atoms. The second-order valence-corrected chi connectivity index (χ2v) is 4.51. The van der Waals surface area contributed by atoms with Crippen LogP contribution >= 0.6 is 0 Å². The molecule has 0 aliphatic heterocycles. The standard InChI is InChI=1S/C15H19N3O3/c1-3-12-6-4-5-7-13(12)20-9-8-16-15(19)17-14-10-11(2)21-18-14/h4-7,10H,3,8-9H2,1-2H3,(H2,16,17,18,19). The molecule has 2 N–H and O–H groups in total. The first-order valence-electron chi connectivity index (χ1n) is 6.88. The predicted octanol–water partition coefficient (Wildman–Crippen LogP) is 2.75. The van der Waals surface area contributed by atoms with Crippen LogP contribution in [0.3, 0.4) is 0 Å². The van der Waals surface area contributed by atoms with Crippen LogP contribution in [-0.4, -0.2) is 24.3 Å². The molecule has 1 heterocycles. The molecule has 6 nitrogen and oxygen atoms in total. The number of para-hydroxylation sites is 1. The summed E-state index contributed by atoms with van der Waals surface area (Å²) in [5, 5.41) is 8.94. The smallest absolute Gasteiger partial charge is 0.320 e. The molecule has 1 aromatic carbocycles. The molecule has 0 radical (unpaired) electrons. The molecule has 0 aliphatic rings. The average Bonchev–Trinajstić information content (AvgIpc) is 2.89. The van der Waals surface area contributed by atoms with Gasteiger partial charge in [0.25, 0.3) is 0 Å². The first-order valence-corrected chi connectivity index (χ1v) is 6.88. The van der Waals surface area contributed by atoms with E-state index in [1.807, 2.05) is 24.3 Å². The van der Waals surface area contributed by atoms with Crippen LogP contribution in [0.4, 0.5) is 10.6 Å². The van der Waals surface area contributed by atoms with Gasteiger partial charge in [-0.1, -0.05) is 30.3 Å². The number of hydrogen-bond acceptors (Lipinski definition) is 4. The number of nitrogens with zero attached hydrogens (tertiary/aromatic N) is 1. The summed E-state index contributed by atoms with van der Waals surface area (Å²) < 4.78 is 10.5. The highest BCUT2D eigenvalue weighted by molar-refractivity contribution is 5.88. The van der Waals surface area contributed by atoms with E-state index in [0.717, 1.165) is 17.7 Å². The molecule has 2 amide bonds. The van der Waals surface area contributed by atoms with Crippen LogP contribution in [0.25, 0.3) is 0 Å². The fourth-order valence-corrected chi connectivity index (χ4v) is 1.85. The number of aromatic nitrogens is 1. The number of aryl methyl sites for hydroxylation is 2. The fourth-order valence-electron chi connectivity index (χ4n) is 1.85. The van der Waals surface area contributed by atoms with Gasteiger partial charge in [-0.15, -0.1) is 0 Å². The van der Waals surface area contributed by atoms with Crippen LogP contribution in [0.15, 0.2) is 34.9 Å². The largest absolute Gasteiger partial charge is 0.491 e. The number of carbonyl (C=O) groups is 1. The molecule has 1 aromatic heterocycles. The SMILES string of the molecule is CCc1ccccc1OCCNC(=O)Nc1cc(C)on1. The zero-order valence-electron chi connectivity index (χ0n) is 12.2. The summed E-state index contributed by atoms with van der Waals surface area (Å²) >= 11 is 0. The molecule has 0 spiro atoms. The first-order chi connectivity index (χ1) is 10.2. The van der Waals surface area contributed by atoms with Gasteiger partial charge in [-0.3, -0.25) is 5.32 Å². The Labute approximate surface area is 123 Å². The fraction of sp³-hybridized carbons (Fsp3) is 0.333. The number of ether oxygens (including phenoxy) is 1. The molecule has 112 valence electrons. The van der Waals surface area contributed by atoms with Crippen molar-refractivity contribution in [3.05, 3.63) is 41.7 Å². The van der Waals surface area contributed by atoms with E-state index in [0.29, 0.717) is 24.7 Å². The van der Waals surface area contributed by atoms with E-state index in [4.69, 9.17) is 9.26 Å². The molecule has 0 unspecified atom stereocenters. The van der Waals surface area contributed by atoms with Gasteiger partial charge >= 0.3 is 6.03 Å². The molecule has 0 bridgehead atoms. The van der Waals surface area contributed by atoms with E-state index in [-0.39, 0.29) is 6.03 Å². The number of anilines is 1. The molecular formula is C15H19N3O3. The van der Waals surface area contributed by atoms with Gasteiger partial charge in [-0.05, 0) is 25.0 Å². The lowest BCUT2D eigenvalue weighted by Gasteiger charge is -2.10. The van der Waals surface area contributed by atoms with Gasteiger partial charge in [-0.2, -0.15) is 0 Å². The topological polar surface area (TPSA) is 76.4 Å². The zero-order chi connectivity index (χ0) is 15.1. The molecular weight excluding hydrogens is 270 g/mol. The maximum Gasteiger partial charge on any atom is 0.320 e. The summed E-state index contributed by atoms with van der Waals surface area (Å²) in [5.41, 5.74) is 1.15. The molecule has 6 heteroatoms. The van der Waals surface area contributed by atoms with Gasteiger partial charge in [0.2, 0.25) is 0 Å². The van der Waals surface area contributed by atoms with Crippen molar-refractivity contribution in [3.8, 4) is 5.75 Å². The third-order valence-electron chi connectivity index (χ3n) is 2.87. The lowest BCUT2D eigenvalue weighted by Crippen LogP contribution is -2.32. The molecule has 0 saturated heterocycles. The zero-order valence-corrected chi connectivity index (χ0v) is 12.2. The van der Waals surface area contributed by atoms with Gasteiger partial charge in [0.15, 0.2) is 5.82 Å². The second-order valence-electron chi connectivity index (χ2n) is 4.51. The van der Waals surface area contributed by atoms with Crippen LogP contribution in [-0.2, 0) is 6.42 Å². The van der Waals surface area contributed by atoms with E-state index >= 15 is 0 Å². The van der Waals surface area contributed by atoms with Crippen molar-refractivity contribution in [2.24, 2.45) is 0 Å². The van der Waals surface area contributed by atoms with Crippen molar-refractivity contribution < 1.29 is 14.1 Å². The van der Waals surface area contributed by atoms with Gasteiger partial charge < -0.3 is 14.6 Å². The van der Waals surface area contributed by atoms with Crippen LogP contribution in [0.5, 0.6) is 5.75 Å². The predicted molar refractivity (Wildman–Crippen MR) is 79.6 cm³/mol. The average molecular weight is 289 g/mol. The highest BCUT2D eigenvalue weighted by Crippen LogP contribution is 2.17. The molecule has 0 aliphatic carbocycles. The highest BCUT2D eigenvalue weighted by Gasteiger charge is 2.05. The van der Waals surface area contributed by atoms with Gasteiger partial charge in [-0.25, -0.2) is 4.79 Å². The van der Waals surface area contributed by atoms with E-state index in [9.17, 15) is 4.79 Å². The number of carbonyl (C=O) groups excluding carboxylic acids is 1. The van der Waals surface area contributed by atoms with Crippen molar-refractivity contribution in [3.63, 3.8) is 0 Å². The Hall–Kier alpha value is -2.50. The van der Waals surface area contributed by atoms with Crippen LogP contribution in [0.2, 0.25) is 0 Å². The number of rotatable bonds is 6. The number of hydrogen-bond donors (Lipinski definition) is 2. The highest BCUT2D eigenvalue weighted by atomic mass is 16.5. The summed E-state index contributed by atoms with van der Waals surface area (Å²) in [5.74, 6) is 1.89. The minimum atomic E-state index is -0.337. The van der Waals surface area contributed by atoms with Crippen molar-refractivity contribution in [2.75, 3.05) is 18.5 Å². The third kappa shape index (κ3) is 4.52. The molecule has 2 aromatic rings. The van der Waals surface area contributed by atoms with E-state index in [1.165, 1.54) is 0 Å². The summed E-state index contributed by atoms with van der Waals surface area (Å²) in [6.07, 6.45) is 0.912. The summed E-state index contributed by atoms with van der Waals surface area (Å²) in [6, 6.07) is 9.18. The van der Waals surface area contributed by atoms with Crippen LogP contribution in [0.1, 0.15) is 18.2 Å². The quantitative estimate of drug-likeness (QED) is 0.802. The lowest BCUT2D eigenvalue weighted by atomic mass is 10.1. The number of amides is 2. The van der Waals surface area contributed by atoms with Crippen molar-refractivity contribution in [1.29, 1.82) is 0 Å². The van der Waals surface area contributed by atoms with Crippen molar-refractivity contribution in [1.82, 2.24) is 10.5 Å². The summed E-state index contributed by atoms with van der Waals surface area (Å²) in [6.45, 7) is 4.64. The van der Waals surface area contributed by atoms with Gasteiger partial charge in [0.05, 0.1) is 6.54 Å². The van der Waals surface area contributed by atoms with E-state index in [1.54, 1.807) is 13.0 Å². The maximum absolute atomic E-state index is 11.6. The van der Waals surface area contributed by atoms with Gasteiger partial charge in [0, 0.05) is 6.07 Å².